The van der Waals surface area contributed by atoms with Crippen molar-refractivity contribution in [1.29, 1.82) is 0 Å². The largest absolute Gasteiger partial charge is 0.0896 e. The van der Waals surface area contributed by atoms with Gasteiger partial charge in [-0.1, -0.05) is 34.6 Å². The molecule has 0 saturated heterocycles. The van der Waals surface area contributed by atoms with Crippen molar-refractivity contribution in [2.45, 2.75) is 20.3 Å². The van der Waals surface area contributed by atoms with Crippen molar-refractivity contribution in [1.82, 2.24) is 0 Å². The van der Waals surface area contributed by atoms with Gasteiger partial charge in [0.15, 0.2) is 0 Å². The first-order valence-electron chi connectivity index (χ1n) is 2.81. The molecule has 0 radical (unpaired) electrons. The lowest BCUT2D eigenvalue weighted by molar-refractivity contribution is 1.11. The van der Waals surface area contributed by atoms with Gasteiger partial charge in [-0.15, -0.1) is 0 Å². The van der Waals surface area contributed by atoms with Gasteiger partial charge in [-0.2, -0.15) is 0 Å². The molecule has 0 aromatic heterocycles. The van der Waals surface area contributed by atoms with Crippen molar-refractivity contribution in [3.63, 3.8) is 0 Å². The first kappa shape index (κ1) is 8.44. The van der Waals surface area contributed by atoms with Crippen molar-refractivity contribution in [3.8, 4) is 0 Å². The molecule has 48 valence electrons. The smallest absolute Gasteiger partial charge is 0.00375 e. The van der Waals surface area contributed by atoms with Crippen LogP contribution < -0.4 is 0 Å². The van der Waals surface area contributed by atoms with Crippen molar-refractivity contribution in [2.24, 2.45) is 0 Å². The zero-order chi connectivity index (χ0) is 6.24. The summed E-state index contributed by atoms with van der Waals surface area (Å²) < 4.78 is 0. The van der Waals surface area contributed by atoms with Gasteiger partial charge in [-0.3, -0.25) is 0 Å². The van der Waals surface area contributed by atoms with Crippen molar-refractivity contribution >= 4 is 21.6 Å². The highest BCUT2D eigenvalue weighted by atomic mass is 33.1. The van der Waals surface area contributed by atoms with Crippen molar-refractivity contribution in [2.75, 3.05) is 5.75 Å². The highest BCUT2D eigenvalue weighted by molar-refractivity contribution is 8.77. The number of rotatable bonds is 4. The van der Waals surface area contributed by atoms with Crippen LogP contribution in [-0.4, -0.2) is 5.75 Å². The zero-order valence-electron chi connectivity index (χ0n) is 5.39. The van der Waals surface area contributed by atoms with E-state index >= 15 is 0 Å². The van der Waals surface area contributed by atoms with E-state index in [1.165, 1.54) is 12.2 Å². The zero-order valence-corrected chi connectivity index (χ0v) is 7.02. The number of hydrogen-bond donors (Lipinski definition) is 0. The Morgan fingerprint density at radius 1 is 1.50 bits per heavy atom. The predicted molar refractivity (Wildman–Crippen MR) is 45.2 cm³/mol. The van der Waals surface area contributed by atoms with E-state index in [2.05, 4.69) is 18.4 Å². The van der Waals surface area contributed by atoms with E-state index in [-0.39, 0.29) is 0 Å². The molecule has 0 fully saturated rings. The summed E-state index contributed by atoms with van der Waals surface area (Å²) in [5.74, 6) is 1.26. The minimum absolute atomic E-state index is 1.26. The maximum Gasteiger partial charge on any atom is 0.00375 e. The molecule has 0 saturated carbocycles. The summed E-state index contributed by atoms with van der Waals surface area (Å²) in [5, 5.41) is 2.11. The van der Waals surface area contributed by atoms with Crippen LogP contribution in [0.1, 0.15) is 20.3 Å². The summed E-state index contributed by atoms with van der Waals surface area (Å²) in [7, 11) is 3.72. The van der Waals surface area contributed by atoms with Crippen LogP contribution in [0.15, 0.2) is 11.5 Å². The summed E-state index contributed by atoms with van der Waals surface area (Å²) >= 11 is 0. The van der Waals surface area contributed by atoms with E-state index in [4.69, 9.17) is 0 Å². The summed E-state index contributed by atoms with van der Waals surface area (Å²) in [6.45, 7) is 4.24. The van der Waals surface area contributed by atoms with Gasteiger partial charge < -0.3 is 0 Å². The molecule has 0 spiro atoms. The fraction of sp³-hybridized carbons (Fsp3) is 0.667. The molecular formula is C6H12S2. The van der Waals surface area contributed by atoms with Crippen LogP contribution in [0.25, 0.3) is 0 Å². The molecule has 0 aromatic rings. The SMILES string of the molecule is C/C=C\SSCCC. The summed E-state index contributed by atoms with van der Waals surface area (Å²) in [6, 6.07) is 0. The second kappa shape index (κ2) is 7.44. The van der Waals surface area contributed by atoms with Crippen LogP contribution in [0.5, 0.6) is 0 Å². The van der Waals surface area contributed by atoms with Crippen LogP contribution in [-0.2, 0) is 0 Å². The highest BCUT2D eigenvalue weighted by Gasteiger charge is 1.79. The Balaban J connectivity index is 2.72. The van der Waals surface area contributed by atoms with Gasteiger partial charge in [0, 0.05) is 5.75 Å². The standard InChI is InChI=1S/C6H12S2/c1-3-5-7-8-6-4-2/h3,5H,4,6H2,1-2H3/b5-3-. The third kappa shape index (κ3) is 6.44. The quantitative estimate of drug-likeness (QED) is 0.443. The Morgan fingerprint density at radius 2 is 2.25 bits per heavy atom. The molecule has 0 atom stereocenters. The molecule has 0 N–H and O–H groups in total. The topological polar surface area (TPSA) is 0 Å². The summed E-state index contributed by atoms with van der Waals surface area (Å²) in [5.41, 5.74) is 0. The molecule has 2 heteroatoms. The molecule has 0 aliphatic rings. The van der Waals surface area contributed by atoms with Crippen LogP contribution >= 0.6 is 21.6 Å². The van der Waals surface area contributed by atoms with E-state index < -0.39 is 0 Å². The van der Waals surface area contributed by atoms with Gasteiger partial charge in [-0.25, -0.2) is 0 Å². The Bertz CT molecular complexity index is 59.5. The van der Waals surface area contributed by atoms with E-state index in [0.717, 1.165) is 0 Å². The monoisotopic (exact) mass is 148 g/mol. The lowest BCUT2D eigenvalue weighted by Crippen LogP contribution is -1.63. The molecule has 0 aromatic carbocycles. The lowest BCUT2D eigenvalue weighted by atomic mass is 10.6. The first-order chi connectivity index (χ1) is 3.91. The molecule has 0 rings (SSSR count). The Kier molecular flexibility index (Phi) is 7.85. The molecular weight excluding hydrogens is 136 g/mol. The van der Waals surface area contributed by atoms with E-state index in [9.17, 15) is 0 Å². The normalized spacial score (nSPS) is 10.8. The predicted octanol–water partition coefficient (Wildman–Crippen LogP) is 3.31. The molecule has 0 bridgehead atoms. The molecule has 8 heavy (non-hydrogen) atoms. The summed E-state index contributed by atoms with van der Waals surface area (Å²) in [6.07, 6.45) is 3.34. The maximum absolute atomic E-state index is 2.20. The van der Waals surface area contributed by atoms with Gasteiger partial charge >= 0.3 is 0 Å². The van der Waals surface area contributed by atoms with Crippen LogP contribution in [0, 0.1) is 0 Å². The van der Waals surface area contributed by atoms with Gasteiger partial charge in [-0.05, 0) is 18.8 Å². The van der Waals surface area contributed by atoms with Gasteiger partial charge in [0.2, 0.25) is 0 Å². The highest BCUT2D eigenvalue weighted by Crippen LogP contribution is 2.22. The molecule has 0 amide bonds. The molecule has 0 heterocycles. The average Bonchev–Trinajstić information content (AvgIpc) is 1.81. The molecule has 0 aliphatic carbocycles. The minimum atomic E-state index is 1.26. The average molecular weight is 148 g/mol. The number of hydrogen-bond acceptors (Lipinski definition) is 2. The summed E-state index contributed by atoms with van der Waals surface area (Å²) in [4.78, 5) is 0. The minimum Gasteiger partial charge on any atom is -0.0896 e. The van der Waals surface area contributed by atoms with Gasteiger partial charge in [0.1, 0.15) is 0 Å². The van der Waals surface area contributed by atoms with E-state index in [0.29, 0.717) is 0 Å². The lowest BCUT2D eigenvalue weighted by Gasteiger charge is -1.88. The molecule has 0 aliphatic heterocycles. The van der Waals surface area contributed by atoms with E-state index in [1.54, 1.807) is 0 Å². The van der Waals surface area contributed by atoms with Gasteiger partial charge in [0.25, 0.3) is 0 Å². The van der Waals surface area contributed by atoms with Crippen LogP contribution in [0.2, 0.25) is 0 Å². The van der Waals surface area contributed by atoms with Crippen LogP contribution in [0.3, 0.4) is 0 Å². The fourth-order valence-electron chi connectivity index (χ4n) is 0.226. The fourth-order valence-corrected chi connectivity index (χ4v) is 2.04. The molecule has 0 unspecified atom stereocenters. The van der Waals surface area contributed by atoms with Crippen molar-refractivity contribution in [3.05, 3.63) is 11.5 Å². The van der Waals surface area contributed by atoms with Crippen molar-refractivity contribution < 1.29 is 0 Å². The first-order valence-corrected chi connectivity index (χ1v) is 5.19. The Morgan fingerprint density at radius 3 is 2.75 bits per heavy atom. The van der Waals surface area contributed by atoms with Crippen LogP contribution in [0.4, 0.5) is 0 Å². The third-order valence-corrected chi connectivity index (χ3v) is 2.88. The second-order valence-corrected chi connectivity index (χ2v) is 3.78. The Labute approximate surface area is 59.5 Å². The third-order valence-electron chi connectivity index (χ3n) is 0.547. The van der Waals surface area contributed by atoms with E-state index in [1.807, 2.05) is 28.5 Å². The van der Waals surface area contributed by atoms with Gasteiger partial charge in [0.05, 0.1) is 0 Å². The molecule has 0 nitrogen and oxygen atoms in total. The Hall–Kier alpha value is 0.440. The number of allylic oxidation sites excluding steroid dienone is 1. The maximum atomic E-state index is 2.20. The second-order valence-electron chi connectivity index (χ2n) is 1.39.